The molecule has 1 fully saturated rings. The number of aromatic nitrogens is 3. The summed E-state index contributed by atoms with van der Waals surface area (Å²) in [5.74, 6) is 0.895. The Morgan fingerprint density at radius 3 is 2.89 bits per heavy atom. The smallest absolute Gasteiger partial charge is 0.227 e. The largest absolute Gasteiger partial charge is 0.354 e. The lowest BCUT2D eigenvalue weighted by molar-refractivity contribution is -0.121. The van der Waals surface area contributed by atoms with Gasteiger partial charge in [0.05, 0.1) is 6.04 Å². The Morgan fingerprint density at radius 2 is 2.14 bits per heavy atom. The summed E-state index contributed by atoms with van der Waals surface area (Å²) in [6.45, 7) is 2.82. The van der Waals surface area contributed by atoms with Gasteiger partial charge in [0.1, 0.15) is 5.69 Å². The lowest BCUT2D eigenvalue weighted by Gasteiger charge is -2.26. The fraction of sp³-hybridized carbons (Fsp3) is 0.400. The van der Waals surface area contributed by atoms with Gasteiger partial charge >= 0.3 is 0 Å². The normalized spacial score (nSPS) is 15.6. The molecule has 1 atom stereocenters. The highest BCUT2D eigenvalue weighted by molar-refractivity contribution is 7.10. The molecule has 1 aliphatic rings. The molecule has 7 nitrogen and oxygen atoms in total. The number of carbonyl (C=O) groups excluding carboxylic acids is 1. The number of hydrogen-bond acceptors (Lipinski definition) is 7. The molecule has 1 N–H and O–H groups in total. The average molecular weight is 398 g/mol. The third-order valence-corrected chi connectivity index (χ3v) is 5.85. The van der Waals surface area contributed by atoms with Crippen LogP contribution in [0.2, 0.25) is 0 Å². The minimum Gasteiger partial charge on any atom is -0.354 e. The summed E-state index contributed by atoms with van der Waals surface area (Å²) >= 11 is 1.75. The zero-order chi connectivity index (χ0) is 19.2. The number of likely N-dealkylation sites (tertiary alicyclic amines) is 1. The van der Waals surface area contributed by atoms with Gasteiger partial charge in [-0.1, -0.05) is 17.3 Å². The molecule has 0 aromatic carbocycles. The predicted octanol–water partition coefficient (Wildman–Crippen LogP) is 3.08. The van der Waals surface area contributed by atoms with E-state index in [4.69, 9.17) is 4.52 Å². The van der Waals surface area contributed by atoms with Gasteiger partial charge in [-0.15, -0.1) is 11.3 Å². The first-order valence-electron chi connectivity index (χ1n) is 9.58. The molecule has 3 aromatic rings. The average Bonchev–Trinajstić information content (AvgIpc) is 3.50. The molecule has 1 unspecified atom stereocenters. The summed E-state index contributed by atoms with van der Waals surface area (Å²) in [6, 6.07) is 10.0. The van der Waals surface area contributed by atoms with Crippen molar-refractivity contribution >= 4 is 17.2 Å². The van der Waals surface area contributed by atoms with Crippen molar-refractivity contribution in [3.63, 3.8) is 0 Å². The van der Waals surface area contributed by atoms with E-state index in [2.05, 4.69) is 42.9 Å². The molecule has 0 saturated carbocycles. The van der Waals surface area contributed by atoms with Crippen molar-refractivity contribution in [2.45, 2.75) is 31.7 Å². The van der Waals surface area contributed by atoms with Crippen molar-refractivity contribution in [2.24, 2.45) is 0 Å². The summed E-state index contributed by atoms with van der Waals surface area (Å²) in [4.78, 5) is 24.6. The minimum absolute atomic E-state index is 0.00154. The van der Waals surface area contributed by atoms with Crippen LogP contribution >= 0.6 is 11.3 Å². The van der Waals surface area contributed by atoms with E-state index in [-0.39, 0.29) is 11.9 Å². The van der Waals surface area contributed by atoms with Crippen LogP contribution in [0, 0.1) is 0 Å². The van der Waals surface area contributed by atoms with Crippen LogP contribution < -0.4 is 5.32 Å². The number of thiophene rings is 1. The van der Waals surface area contributed by atoms with Crippen molar-refractivity contribution in [1.82, 2.24) is 25.3 Å². The van der Waals surface area contributed by atoms with Crippen LogP contribution in [0.15, 0.2) is 46.4 Å². The van der Waals surface area contributed by atoms with Gasteiger partial charge in [0, 0.05) is 30.5 Å². The van der Waals surface area contributed by atoms with Crippen LogP contribution in [-0.4, -0.2) is 45.6 Å². The first-order valence-corrected chi connectivity index (χ1v) is 10.5. The molecule has 0 radical (unpaired) electrons. The molecule has 1 amide bonds. The molecular weight excluding hydrogens is 374 g/mol. The number of nitrogens with zero attached hydrogens (tertiary/aromatic N) is 4. The van der Waals surface area contributed by atoms with Crippen LogP contribution in [0.4, 0.5) is 0 Å². The SMILES string of the molecule is O=C(CCc1nc(-c2ccccn2)no1)NCC(c1cccs1)N1CCCC1. The van der Waals surface area contributed by atoms with E-state index >= 15 is 0 Å². The summed E-state index contributed by atoms with van der Waals surface area (Å²) in [5.41, 5.74) is 0.659. The van der Waals surface area contributed by atoms with E-state index in [1.165, 1.54) is 17.7 Å². The van der Waals surface area contributed by atoms with Crippen molar-refractivity contribution < 1.29 is 9.32 Å². The summed E-state index contributed by atoms with van der Waals surface area (Å²) in [7, 11) is 0. The topological polar surface area (TPSA) is 84.1 Å². The Hall–Kier alpha value is -2.58. The van der Waals surface area contributed by atoms with Crippen LogP contribution in [0.1, 0.15) is 36.1 Å². The van der Waals surface area contributed by atoms with Crippen LogP contribution in [0.25, 0.3) is 11.5 Å². The maximum atomic E-state index is 12.4. The molecule has 4 rings (SSSR count). The molecule has 8 heteroatoms. The van der Waals surface area contributed by atoms with Crippen molar-refractivity contribution in [3.8, 4) is 11.5 Å². The first-order chi connectivity index (χ1) is 13.8. The zero-order valence-corrected chi connectivity index (χ0v) is 16.4. The summed E-state index contributed by atoms with van der Waals surface area (Å²) in [5, 5.41) is 9.11. The molecule has 0 aliphatic carbocycles. The fourth-order valence-electron chi connectivity index (χ4n) is 3.42. The number of pyridine rings is 1. The molecule has 1 aliphatic heterocycles. The van der Waals surface area contributed by atoms with Crippen LogP contribution in [-0.2, 0) is 11.2 Å². The van der Waals surface area contributed by atoms with Gasteiger partial charge in [-0.3, -0.25) is 14.7 Å². The second-order valence-corrected chi connectivity index (χ2v) is 7.78. The summed E-state index contributed by atoms with van der Waals surface area (Å²) < 4.78 is 5.25. The van der Waals surface area contributed by atoms with Crippen molar-refractivity contribution in [1.29, 1.82) is 0 Å². The maximum Gasteiger partial charge on any atom is 0.227 e. The molecular formula is C20H23N5O2S. The van der Waals surface area contributed by atoms with E-state index in [1.807, 2.05) is 18.2 Å². The number of hydrogen-bond donors (Lipinski definition) is 1. The Balaban J connectivity index is 1.29. The third-order valence-electron chi connectivity index (χ3n) is 4.87. The molecule has 3 aromatic heterocycles. The highest BCUT2D eigenvalue weighted by atomic mass is 32.1. The fourth-order valence-corrected chi connectivity index (χ4v) is 4.28. The van der Waals surface area contributed by atoms with E-state index in [9.17, 15) is 4.79 Å². The van der Waals surface area contributed by atoms with E-state index < -0.39 is 0 Å². The van der Waals surface area contributed by atoms with Gasteiger partial charge in [0.2, 0.25) is 17.6 Å². The molecule has 0 bridgehead atoms. The quantitative estimate of drug-likeness (QED) is 0.629. The van der Waals surface area contributed by atoms with Gasteiger partial charge in [-0.05, 0) is 49.5 Å². The Labute approximate surface area is 167 Å². The van der Waals surface area contributed by atoms with Gasteiger partial charge in [0.15, 0.2) is 0 Å². The summed E-state index contributed by atoms with van der Waals surface area (Å²) in [6.07, 6.45) is 4.88. The highest BCUT2D eigenvalue weighted by Crippen LogP contribution is 2.27. The lowest BCUT2D eigenvalue weighted by atomic mass is 10.2. The maximum absolute atomic E-state index is 12.4. The Bertz CT molecular complexity index is 875. The third kappa shape index (κ3) is 4.63. The number of amides is 1. The van der Waals surface area contributed by atoms with Gasteiger partial charge in [0.25, 0.3) is 0 Å². The molecule has 4 heterocycles. The standard InChI is InChI=1S/C20H23N5O2S/c26-18(8-9-19-23-20(24-27-19)15-6-1-2-10-21-15)22-14-16(17-7-5-13-28-17)25-11-3-4-12-25/h1-2,5-7,10,13,16H,3-4,8-9,11-12,14H2,(H,22,26). The van der Waals surface area contributed by atoms with Gasteiger partial charge in [-0.2, -0.15) is 4.98 Å². The van der Waals surface area contributed by atoms with E-state index in [0.29, 0.717) is 36.8 Å². The van der Waals surface area contributed by atoms with Crippen molar-refractivity contribution in [3.05, 3.63) is 52.7 Å². The monoisotopic (exact) mass is 397 g/mol. The molecule has 28 heavy (non-hydrogen) atoms. The molecule has 146 valence electrons. The highest BCUT2D eigenvalue weighted by Gasteiger charge is 2.24. The van der Waals surface area contributed by atoms with Crippen molar-refractivity contribution in [2.75, 3.05) is 19.6 Å². The number of rotatable bonds is 8. The van der Waals surface area contributed by atoms with Crippen LogP contribution in [0.5, 0.6) is 0 Å². The Kier molecular flexibility index (Phi) is 6.08. The molecule has 1 saturated heterocycles. The zero-order valence-electron chi connectivity index (χ0n) is 15.6. The number of aryl methyl sites for hydroxylation is 1. The lowest BCUT2D eigenvalue weighted by Crippen LogP contribution is -2.36. The number of nitrogens with one attached hydrogen (secondary N) is 1. The van der Waals surface area contributed by atoms with E-state index in [1.54, 1.807) is 17.5 Å². The molecule has 0 spiro atoms. The van der Waals surface area contributed by atoms with Gasteiger partial charge in [-0.25, -0.2) is 0 Å². The second-order valence-electron chi connectivity index (χ2n) is 6.81. The Morgan fingerprint density at radius 1 is 1.25 bits per heavy atom. The van der Waals surface area contributed by atoms with Crippen LogP contribution in [0.3, 0.4) is 0 Å². The minimum atomic E-state index is -0.00154. The van der Waals surface area contributed by atoms with E-state index in [0.717, 1.165) is 13.1 Å². The predicted molar refractivity (Wildman–Crippen MR) is 107 cm³/mol. The number of carbonyl (C=O) groups is 1. The second kappa shape index (κ2) is 9.07. The van der Waals surface area contributed by atoms with Gasteiger partial charge < -0.3 is 9.84 Å². The first kappa shape index (κ1) is 18.8.